The summed E-state index contributed by atoms with van der Waals surface area (Å²) in [5, 5.41) is 3.16. The minimum atomic E-state index is -0.0285. The highest BCUT2D eigenvalue weighted by molar-refractivity contribution is 5.78. The Morgan fingerprint density at radius 3 is 2.06 bits per heavy atom. The number of guanidine groups is 1. The fourth-order valence-corrected chi connectivity index (χ4v) is 1.63. The van der Waals surface area contributed by atoms with Gasteiger partial charge >= 0.3 is 0 Å². The number of rotatable bonds is 4. The highest BCUT2D eigenvalue weighted by atomic mass is 15.1. The molecular weight excluding hydrogens is 200 g/mol. The van der Waals surface area contributed by atoms with Crippen molar-refractivity contribution < 1.29 is 0 Å². The van der Waals surface area contributed by atoms with E-state index in [1.165, 1.54) is 0 Å². The molecule has 0 bridgehead atoms. The van der Waals surface area contributed by atoms with Gasteiger partial charge in [0.1, 0.15) is 0 Å². The molecule has 0 saturated carbocycles. The molecule has 0 fully saturated rings. The van der Waals surface area contributed by atoms with Gasteiger partial charge < -0.3 is 16.0 Å². The third-order valence-corrected chi connectivity index (χ3v) is 1.92. The van der Waals surface area contributed by atoms with Crippen LogP contribution in [0.5, 0.6) is 0 Å². The quantitative estimate of drug-likeness (QED) is 0.563. The van der Waals surface area contributed by atoms with Crippen LogP contribution in [0.3, 0.4) is 0 Å². The first-order valence-corrected chi connectivity index (χ1v) is 5.75. The molecule has 4 nitrogen and oxygen atoms in total. The molecule has 0 unspecified atom stereocenters. The van der Waals surface area contributed by atoms with Gasteiger partial charge in [-0.3, -0.25) is 4.99 Å². The summed E-state index contributed by atoms with van der Waals surface area (Å²) in [6.45, 7) is 12.3. The predicted octanol–water partition coefficient (Wildman–Crippen LogP) is 1.28. The molecule has 0 aliphatic carbocycles. The van der Waals surface area contributed by atoms with E-state index < -0.39 is 0 Å². The third kappa shape index (κ3) is 8.53. The summed E-state index contributed by atoms with van der Waals surface area (Å²) >= 11 is 0. The third-order valence-electron chi connectivity index (χ3n) is 1.92. The molecule has 0 saturated heterocycles. The standard InChI is InChI=1S/C12H28N4/c1-11(2,3)15-10(13)14-8-12(4,5)9-16(6)7/h8-9H2,1-7H3,(H3,13,14,15). The van der Waals surface area contributed by atoms with Crippen LogP contribution in [0.15, 0.2) is 4.99 Å². The molecule has 0 amide bonds. The second-order valence-electron chi connectivity index (χ2n) is 6.48. The van der Waals surface area contributed by atoms with Crippen LogP contribution >= 0.6 is 0 Å². The van der Waals surface area contributed by atoms with E-state index in [1.54, 1.807) is 0 Å². The van der Waals surface area contributed by atoms with E-state index in [2.05, 4.69) is 63.9 Å². The fourth-order valence-electron chi connectivity index (χ4n) is 1.63. The van der Waals surface area contributed by atoms with Crippen LogP contribution in [0.25, 0.3) is 0 Å². The van der Waals surface area contributed by atoms with E-state index in [0.29, 0.717) is 5.96 Å². The topological polar surface area (TPSA) is 53.6 Å². The Morgan fingerprint density at radius 2 is 1.69 bits per heavy atom. The molecule has 96 valence electrons. The fraction of sp³-hybridized carbons (Fsp3) is 0.917. The highest BCUT2D eigenvalue weighted by Crippen LogP contribution is 2.15. The average molecular weight is 228 g/mol. The molecule has 0 aliphatic rings. The highest BCUT2D eigenvalue weighted by Gasteiger charge is 2.19. The van der Waals surface area contributed by atoms with E-state index in [-0.39, 0.29) is 11.0 Å². The normalized spacial score (nSPS) is 14.4. The maximum atomic E-state index is 5.82. The van der Waals surface area contributed by atoms with Gasteiger partial charge in [-0.25, -0.2) is 0 Å². The summed E-state index contributed by atoms with van der Waals surface area (Å²) in [4.78, 5) is 6.56. The molecule has 4 heteroatoms. The summed E-state index contributed by atoms with van der Waals surface area (Å²) in [5.41, 5.74) is 5.94. The summed E-state index contributed by atoms with van der Waals surface area (Å²) in [7, 11) is 4.14. The monoisotopic (exact) mass is 228 g/mol. The van der Waals surface area contributed by atoms with Gasteiger partial charge in [0, 0.05) is 18.6 Å². The Balaban J connectivity index is 4.25. The lowest BCUT2D eigenvalue weighted by Crippen LogP contribution is -2.45. The molecule has 0 spiro atoms. The van der Waals surface area contributed by atoms with Crippen molar-refractivity contribution in [3.8, 4) is 0 Å². The van der Waals surface area contributed by atoms with Gasteiger partial charge in [0.25, 0.3) is 0 Å². The van der Waals surface area contributed by atoms with Crippen molar-refractivity contribution in [2.24, 2.45) is 16.1 Å². The van der Waals surface area contributed by atoms with Crippen LogP contribution < -0.4 is 11.1 Å². The number of nitrogens with one attached hydrogen (secondary N) is 1. The van der Waals surface area contributed by atoms with E-state index in [4.69, 9.17) is 5.73 Å². The zero-order valence-corrected chi connectivity index (χ0v) is 11.9. The SMILES string of the molecule is CN(C)CC(C)(C)CN=C(N)NC(C)(C)C. The molecule has 3 N–H and O–H groups in total. The van der Waals surface area contributed by atoms with E-state index in [1.807, 2.05) is 0 Å². The van der Waals surface area contributed by atoms with Crippen molar-refractivity contribution >= 4 is 5.96 Å². The van der Waals surface area contributed by atoms with Crippen molar-refractivity contribution in [1.82, 2.24) is 10.2 Å². The second kappa shape index (κ2) is 5.53. The molecule has 0 rings (SSSR count). The Morgan fingerprint density at radius 1 is 1.19 bits per heavy atom. The lowest BCUT2D eigenvalue weighted by atomic mass is 9.93. The number of hydrogen-bond donors (Lipinski definition) is 2. The molecule has 0 aromatic carbocycles. The Bertz CT molecular complexity index is 236. The maximum Gasteiger partial charge on any atom is 0.189 e. The number of nitrogens with two attached hydrogens (primary N) is 1. The molecule has 0 aromatic rings. The van der Waals surface area contributed by atoms with Crippen LogP contribution in [-0.2, 0) is 0 Å². The van der Waals surface area contributed by atoms with Crippen molar-refractivity contribution in [2.45, 2.75) is 40.2 Å². The van der Waals surface area contributed by atoms with E-state index in [9.17, 15) is 0 Å². The first-order valence-electron chi connectivity index (χ1n) is 5.75. The minimum Gasteiger partial charge on any atom is -0.370 e. The first-order chi connectivity index (χ1) is 7.02. The van der Waals surface area contributed by atoms with E-state index in [0.717, 1.165) is 13.1 Å². The van der Waals surface area contributed by atoms with E-state index >= 15 is 0 Å². The summed E-state index contributed by atoms with van der Waals surface area (Å²) in [5.74, 6) is 0.527. The molecule has 0 heterocycles. The summed E-state index contributed by atoms with van der Waals surface area (Å²) in [6.07, 6.45) is 0. The van der Waals surface area contributed by atoms with Crippen LogP contribution in [0, 0.1) is 5.41 Å². The zero-order valence-electron chi connectivity index (χ0n) is 11.9. The van der Waals surface area contributed by atoms with Gasteiger partial charge in [0.15, 0.2) is 5.96 Å². The van der Waals surface area contributed by atoms with Crippen molar-refractivity contribution in [3.05, 3.63) is 0 Å². The van der Waals surface area contributed by atoms with Gasteiger partial charge in [0.05, 0.1) is 0 Å². The van der Waals surface area contributed by atoms with Crippen LogP contribution in [0.4, 0.5) is 0 Å². The number of hydrogen-bond acceptors (Lipinski definition) is 2. The van der Waals surface area contributed by atoms with Gasteiger partial charge in [-0.2, -0.15) is 0 Å². The zero-order chi connectivity index (χ0) is 13.0. The largest absolute Gasteiger partial charge is 0.370 e. The second-order valence-corrected chi connectivity index (χ2v) is 6.48. The van der Waals surface area contributed by atoms with Gasteiger partial charge in [-0.05, 0) is 40.3 Å². The smallest absolute Gasteiger partial charge is 0.189 e. The molecular formula is C12H28N4. The lowest BCUT2D eigenvalue weighted by molar-refractivity contribution is 0.248. The summed E-state index contributed by atoms with van der Waals surface area (Å²) < 4.78 is 0. The van der Waals surface area contributed by atoms with Crippen LogP contribution in [0.1, 0.15) is 34.6 Å². The number of nitrogens with zero attached hydrogens (tertiary/aromatic N) is 2. The molecule has 16 heavy (non-hydrogen) atoms. The predicted molar refractivity (Wildman–Crippen MR) is 71.7 cm³/mol. The average Bonchev–Trinajstić information content (AvgIpc) is 1.95. The number of aliphatic imine (C=N–C) groups is 1. The van der Waals surface area contributed by atoms with Crippen molar-refractivity contribution in [1.29, 1.82) is 0 Å². The molecule has 0 aromatic heterocycles. The Labute approximate surface area is 100 Å². The van der Waals surface area contributed by atoms with Gasteiger partial charge in [-0.1, -0.05) is 13.8 Å². The van der Waals surface area contributed by atoms with Crippen molar-refractivity contribution in [3.63, 3.8) is 0 Å². The maximum absolute atomic E-state index is 5.82. The van der Waals surface area contributed by atoms with Gasteiger partial charge in [0.2, 0.25) is 0 Å². The first kappa shape index (κ1) is 15.2. The van der Waals surface area contributed by atoms with Crippen LogP contribution in [0.2, 0.25) is 0 Å². The molecule has 0 radical (unpaired) electrons. The molecule has 0 aliphatic heterocycles. The van der Waals surface area contributed by atoms with Gasteiger partial charge in [-0.15, -0.1) is 0 Å². The van der Waals surface area contributed by atoms with Crippen LogP contribution in [-0.4, -0.2) is 43.6 Å². The minimum absolute atomic E-state index is 0.0285. The summed E-state index contributed by atoms with van der Waals surface area (Å²) in [6, 6.07) is 0. The Hall–Kier alpha value is -0.770. The Kier molecular flexibility index (Phi) is 5.26. The molecule has 0 atom stereocenters. The lowest BCUT2D eigenvalue weighted by Gasteiger charge is -2.27. The van der Waals surface area contributed by atoms with Crippen molar-refractivity contribution in [2.75, 3.05) is 27.2 Å².